The summed E-state index contributed by atoms with van der Waals surface area (Å²) in [6, 6.07) is 12.0. The number of halogens is 1. The minimum Gasteiger partial charge on any atom is -0.264 e. The molecule has 0 aliphatic rings. The van der Waals surface area contributed by atoms with Crippen molar-refractivity contribution in [2.24, 2.45) is 10.1 Å². The molecule has 0 unspecified atom stereocenters. The van der Waals surface area contributed by atoms with E-state index in [1.807, 2.05) is 35.9 Å². The molecule has 0 bridgehead atoms. The van der Waals surface area contributed by atoms with Crippen LogP contribution in [0.15, 0.2) is 68.7 Å². The van der Waals surface area contributed by atoms with E-state index >= 15 is 0 Å². The highest BCUT2D eigenvalue weighted by molar-refractivity contribution is 9.10. The van der Waals surface area contributed by atoms with Gasteiger partial charge in [0, 0.05) is 39.9 Å². The van der Waals surface area contributed by atoms with Gasteiger partial charge in [0.2, 0.25) is 4.80 Å². The summed E-state index contributed by atoms with van der Waals surface area (Å²) in [6.07, 6.45) is 5.33. The molecule has 0 N–H and O–H groups in total. The van der Waals surface area contributed by atoms with Crippen molar-refractivity contribution in [3.8, 4) is 11.3 Å². The summed E-state index contributed by atoms with van der Waals surface area (Å²) in [5, 5.41) is 6.69. The SMILES string of the molecule is CCN=c1scc(-c2cccc(Br)c2)n1N=Cc1cccnc1. The average Bonchev–Trinajstić information content (AvgIpc) is 2.97. The van der Waals surface area contributed by atoms with Gasteiger partial charge in [-0.3, -0.25) is 9.98 Å². The van der Waals surface area contributed by atoms with Crippen LogP contribution in [0.4, 0.5) is 0 Å². The smallest absolute Gasteiger partial charge is 0.206 e. The van der Waals surface area contributed by atoms with Gasteiger partial charge in [0.05, 0.1) is 11.9 Å². The fourth-order valence-corrected chi connectivity index (χ4v) is 3.38. The monoisotopic (exact) mass is 386 g/mol. The van der Waals surface area contributed by atoms with Gasteiger partial charge in [0.25, 0.3) is 0 Å². The summed E-state index contributed by atoms with van der Waals surface area (Å²) in [5.41, 5.74) is 3.06. The summed E-state index contributed by atoms with van der Waals surface area (Å²) >= 11 is 5.11. The van der Waals surface area contributed by atoms with E-state index in [9.17, 15) is 0 Å². The molecule has 0 saturated carbocycles. The minimum absolute atomic E-state index is 0.723. The van der Waals surface area contributed by atoms with E-state index in [1.165, 1.54) is 0 Å². The highest BCUT2D eigenvalue weighted by Crippen LogP contribution is 2.23. The highest BCUT2D eigenvalue weighted by atomic mass is 79.9. The van der Waals surface area contributed by atoms with Crippen molar-refractivity contribution >= 4 is 33.5 Å². The summed E-state index contributed by atoms with van der Waals surface area (Å²) in [5.74, 6) is 0. The van der Waals surface area contributed by atoms with Crippen molar-refractivity contribution in [3.05, 3.63) is 69.0 Å². The van der Waals surface area contributed by atoms with Gasteiger partial charge in [-0.1, -0.05) is 34.1 Å². The number of aromatic nitrogens is 2. The molecule has 2 aromatic heterocycles. The van der Waals surface area contributed by atoms with E-state index in [0.717, 1.165) is 32.6 Å². The van der Waals surface area contributed by atoms with Gasteiger partial charge in [-0.25, -0.2) is 4.68 Å². The third-order valence-electron chi connectivity index (χ3n) is 3.11. The Morgan fingerprint density at radius 3 is 2.96 bits per heavy atom. The van der Waals surface area contributed by atoms with Crippen LogP contribution in [0.1, 0.15) is 12.5 Å². The molecule has 0 spiro atoms. The van der Waals surface area contributed by atoms with Crippen LogP contribution >= 0.6 is 27.3 Å². The van der Waals surface area contributed by atoms with Crippen LogP contribution in [0.3, 0.4) is 0 Å². The van der Waals surface area contributed by atoms with E-state index < -0.39 is 0 Å². The predicted molar refractivity (Wildman–Crippen MR) is 98.8 cm³/mol. The zero-order chi connectivity index (χ0) is 16.1. The molecule has 0 atom stereocenters. The number of nitrogens with zero attached hydrogens (tertiary/aromatic N) is 4. The maximum Gasteiger partial charge on any atom is 0.206 e. The minimum atomic E-state index is 0.723. The molecule has 0 aliphatic carbocycles. The second-order valence-corrected chi connectivity index (χ2v) is 6.48. The lowest BCUT2D eigenvalue weighted by molar-refractivity contribution is 0.833. The van der Waals surface area contributed by atoms with Crippen molar-refractivity contribution < 1.29 is 0 Å². The van der Waals surface area contributed by atoms with Crippen molar-refractivity contribution in [1.82, 2.24) is 9.66 Å². The van der Waals surface area contributed by atoms with Crippen LogP contribution in [0.2, 0.25) is 0 Å². The number of hydrogen-bond donors (Lipinski definition) is 0. The van der Waals surface area contributed by atoms with Crippen LogP contribution in [0, 0.1) is 0 Å². The summed E-state index contributed by atoms with van der Waals surface area (Å²) in [6.45, 7) is 2.74. The Morgan fingerprint density at radius 1 is 1.30 bits per heavy atom. The molecule has 0 amide bonds. The Kier molecular flexibility index (Phi) is 5.15. The topological polar surface area (TPSA) is 42.5 Å². The number of benzene rings is 1. The van der Waals surface area contributed by atoms with E-state index in [1.54, 1.807) is 29.9 Å². The molecule has 4 nitrogen and oxygen atoms in total. The molecule has 0 aliphatic heterocycles. The lowest BCUT2D eigenvalue weighted by atomic mass is 10.2. The first-order valence-corrected chi connectivity index (χ1v) is 8.86. The molecular formula is C17H15BrN4S. The molecule has 2 heterocycles. The van der Waals surface area contributed by atoms with Crippen LogP contribution in [0.5, 0.6) is 0 Å². The lowest BCUT2D eigenvalue weighted by Gasteiger charge is -2.04. The van der Waals surface area contributed by atoms with Crippen molar-refractivity contribution in [2.75, 3.05) is 6.54 Å². The van der Waals surface area contributed by atoms with Gasteiger partial charge < -0.3 is 0 Å². The summed E-state index contributed by atoms with van der Waals surface area (Å²) in [7, 11) is 0. The number of pyridine rings is 1. The largest absolute Gasteiger partial charge is 0.264 e. The Morgan fingerprint density at radius 2 is 2.22 bits per heavy atom. The summed E-state index contributed by atoms with van der Waals surface area (Å²) < 4.78 is 2.92. The first kappa shape index (κ1) is 15.8. The Hall–Kier alpha value is -2.05. The highest BCUT2D eigenvalue weighted by Gasteiger charge is 2.07. The van der Waals surface area contributed by atoms with Crippen LogP contribution in [-0.4, -0.2) is 22.4 Å². The van der Waals surface area contributed by atoms with Gasteiger partial charge in [-0.15, -0.1) is 11.3 Å². The number of rotatable bonds is 4. The van der Waals surface area contributed by atoms with Crippen molar-refractivity contribution in [1.29, 1.82) is 0 Å². The van der Waals surface area contributed by atoms with Gasteiger partial charge >= 0.3 is 0 Å². The predicted octanol–water partition coefficient (Wildman–Crippen LogP) is 4.18. The first-order chi connectivity index (χ1) is 11.3. The van der Waals surface area contributed by atoms with E-state index in [2.05, 4.69) is 48.5 Å². The fourth-order valence-electron chi connectivity index (χ4n) is 2.08. The molecule has 0 radical (unpaired) electrons. The Bertz CT molecular complexity index is 881. The van der Waals surface area contributed by atoms with E-state index in [0.29, 0.717) is 0 Å². The molecule has 3 rings (SSSR count). The second-order valence-electron chi connectivity index (χ2n) is 4.73. The van der Waals surface area contributed by atoms with Crippen molar-refractivity contribution in [2.45, 2.75) is 6.92 Å². The molecule has 1 aromatic carbocycles. The second kappa shape index (κ2) is 7.48. The van der Waals surface area contributed by atoms with Gasteiger partial charge in [0.1, 0.15) is 0 Å². The number of thiazole rings is 1. The Balaban J connectivity index is 2.08. The van der Waals surface area contributed by atoms with Crippen LogP contribution in [0.25, 0.3) is 11.3 Å². The quantitative estimate of drug-likeness (QED) is 0.620. The van der Waals surface area contributed by atoms with Gasteiger partial charge in [-0.2, -0.15) is 5.10 Å². The van der Waals surface area contributed by atoms with E-state index in [4.69, 9.17) is 0 Å². The molecule has 6 heteroatoms. The first-order valence-electron chi connectivity index (χ1n) is 7.19. The third-order valence-corrected chi connectivity index (χ3v) is 4.45. The zero-order valence-electron chi connectivity index (χ0n) is 12.6. The average molecular weight is 387 g/mol. The molecule has 23 heavy (non-hydrogen) atoms. The third kappa shape index (κ3) is 3.83. The van der Waals surface area contributed by atoms with Crippen molar-refractivity contribution in [3.63, 3.8) is 0 Å². The summed E-state index contributed by atoms with van der Waals surface area (Å²) in [4.78, 5) is 9.51. The fraction of sp³-hybridized carbons (Fsp3) is 0.118. The Labute approximate surface area is 147 Å². The van der Waals surface area contributed by atoms with Crippen LogP contribution < -0.4 is 4.80 Å². The molecule has 0 fully saturated rings. The molecule has 3 aromatic rings. The normalized spacial score (nSPS) is 12.2. The molecular weight excluding hydrogens is 372 g/mol. The standard InChI is InChI=1S/C17H15BrN4S/c1-2-20-17-22(21-11-13-5-4-8-19-10-13)16(12-23-17)14-6-3-7-15(18)9-14/h3-12H,2H2,1H3. The maximum absolute atomic E-state index is 4.61. The number of hydrogen-bond acceptors (Lipinski definition) is 4. The molecule has 116 valence electrons. The maximum atomic E-state index is 4.61. The van der Waals surface area contributed by atoms with Gasteiger partial charge in [-0.05, 0) is 25.1 Å². The zero-order valence-corrected chi connectivity index (χ0v) is 15.0. The lowest BCUT2D eigenvalue weighted by Crippen LogP contribution is -2.12. The van der Waals surface area contributed by atoms with Crippen LogP contribution in [-0.2, 0) is 0 Å². The molecule has 0 saturated heterocycles. The van der Waals surface area contributed by atoms with E-state index in [-0.39, 0.29) is 0 Å². The van der Waals surface area contributed by atoms with Gasteiger partial charge in [0.15, 0.2) is 0 Å².